The molecule has 0 bridgehead atoms. The van der Waals surface area contributed by atoms with E-state index in [1.165, 1.54) is 0 Å². The lowest BCUT2D eigenvalue weighted by atomic mass is 10.2. The molecule has 0 saturated carbocycles. The molecule has 1 aromatic rings. The third-order valence-corrected chi connectivity index (χ3v) is 1.29. The Labute approximate surface area is 71.9 Å². The van der Waals surface area contributed by atoms with Gasteiger partial charge >= 0.3 is 6.18 Å². The Balaban J connectivity index is 3.14. The number of halogens is 3. The van der Waals surface area contributed by atoms with Crippen LogP contribution in [-0.2, 0) is 12.6 Å². The fraction of sp³-hybridized carbons (Fsp3) is 0.286. The zero-order valence-corrected chi connectivity index (χ0v) is 6.34. The summed E-state index contributed by atoms with van der Waals surface area (Å²) in [6.07, 6.45) is -2.85. The lowest BCUT2D eigenvalue weighted by Crippen LogP contribution is -2.12. The molecule has 0 unspecified atom stereocenters. The minimum Gasteiger partial charge on any atom is -0.256 e. The van der Waals surface area contributed by atoms with Gasteiger partial charge in [-0.25, -0.2) is 4.98 Å². The van der Waals surface area contributed by atoms with E-state index in [0.717, 1.165) is 12.4 Å². The van der Waals surface area contributed by atoms with Gasteiger partial charge in [0.05, 0.1) is 18.2 Å². The van der Waals surface area contributed by atoms with Crippen LogP contribution < -0.4 is 0 Å². The largest absolute Gasteiger partial charge is 0.435 e. The normalized spacial score (nSPS) is 10.9. The van der Waals surface area contributed by atoms with Gasteiger partial charge in [0.1, 0.15) is 0 Å². The fourth-order valence-electron chi connectivity index (χ4n) is 0.808. The van der Waals surface area contributed by atoms with Gasteiger partial charge in [0.2, 0.25) is 0 Å². The van der Waals surface area contributed by atoms with Crippen LogP contribution in [0.3, 0.4) is 0 Å². The summed E-state index contributed by atoms with van der Waals surface area (Å²) in [5.41, 5.74) is -1.42. The van der Waals surface area contributed by atoms with E-state index < -0.39 is 11.9 Å². The van der Waals surface area contributed by atoms with Crippen molar-refractivity contribution in [3.8, 4) is 6.07 Å². The van der Waals surface area contributed by atoms with Gasteiger partial charge in [-0.3, -0.25) is 4.98 Å². The van der Waals surface area contributed by atoms with Crippen molar-refractivity contribution in [3.63, 3.8) is 0 Å². The molecule has 0 amide bonds. The van der Waals surface area contributed by atoms with Gasteiger partial charge in [-0.2, -0.15) is 18.4 Å². The lowest BCUT2D eigenvalue weighted by Gasteiger charge is -2.07. The molecule has 0 aliphatic carbocycles. The van der Waals surface area contributed by atoms with Crippen molar-refractivity contribution in [1.82, 2.24) is 9.97 Å². The number of hydrogen-bond acceptors (Lipinski definition) is 3. The fourth-order valence-corrected chi connectivity index (χ4v) is 0.808. The molecule has 0 aromatic carbocycles. The van der Waals surface area contributed by atoms with Crippen LogP contribution >= 0.6 is 0 Å². The molecule has 1 rings (SSSR count). The zero-order valence-electron chi connectivity index (χ0n) is 6.34. The molecule has 0 spiro atoms. The topological polar surface area (TPSA) is 49.6 Å². The quantitative estimate of drug-likeness (QED) is 0.670. The highest BCUT2D eigenvalue weighted by Crippen LogP contribution is 2.29. The molecule has 0 radical (unpaired) electrons. The Bertz CT molecular complexity index is 340. The number of nitriles is 1. The number of nitrogens with zero attached hydrogens (tertiary/aromatic N) is 3. The monoisotopic (exact) mass is 187 g/mol. The maximum Gasteiger partial charge on any atom is 0.435 e. The highest BCUT2D eigenvalue weighted by atomic mass is 19.4. The highest BCUT2D eigenvalue weighted by Gasteiger charge is 2.35. The Morgan fingerprint density at radius 1 is 1.31 bits per heavy atom. The Morgan fingerprint density at radius 2 is 1.92 bits per heavy atom. The van der Waals surface area contributed by atoms with Crippen LogP contribution in [-0.4, -0.2) is 9.97 Å². The van der Waals surface area contributed by atoms with Gasteiger partial charge in [0.25, 0.3) is 0 Å². The van der Waals surface area contributed by atoms with E-state index in [-0.39, 0.29) is 12.1 Å². The number of rotatable bonds is 1. The van der Waals surface area contributed by atoms with Crippen molar-refractivity contribution in [2.24, 2.45) is 0 Å². The third-order valence-electron chi connectivity index (χ3n) is 1.29. The summed E-state index contributed by atoms with van der Waals surface area (Å²) in [4.78, 5) is 6.56. The van der Waals surface area contributed by atoms with E-state index >= 15 is 0 Å². The summed E-state index contributed by atoms with van der Waals surface area (Å²) in [5.74, 6) is 0. The SMILES string of the molecule is N#CCc1nccnc1C(F)(F)F. The van der Waals surface area contributed by atoms with Gasteiger partial charge in [0, 0.05) is 12.4 Å². The van der Waals surface area contributed by atoms with Crippen molar-refractivity contribution in [2.45, 2.75) is 12.6 Å². The predicted octanol–water partition coefficient (Wildman–Crippen LogP) is 1.56. The van der Waals surface area contributed by atoms with Crippen LogP contribution in [0.25, 0.3) is 0 Å². The molecule has 0 fully saturated rings. The molecule has 1 heterocycles. The summed E-state index contributed by atoms with van der Waals surface area (Å²) in [5, 5.41) is 8.22. The average molecular weight is 187 g/mol. The Hall–Kier alpha value is -1.64. The van der Waals surface area contributed by atoms with Gasteiger partial charge < -0.3 is 0 Å². The van der Waals surface area contributed by atoms with Crippen LogP contribution in [0.2, 0.25) is 0 Å². The molecule has 0 N–H and O–H groups in total. The summed E-state index contributed by atoms with van der Waals surface area (Å²) in [7, 11) is 0. The van der Waals surface area contributed by atoms with Gasteiger partial charge in [-0.15, -0.1) is 0 Å². The van der Waals surface area contributed by atoms with Crippen LogP contribution in [0.4, 0.5) is 13.2 Å². The molecule has 68 valence electrons. The van der Waals surface area contributed by atoms with Crippen LogP contribution in [0.15, 0.2) is 12.4 Å². The van der Waals surface area contributed by atoms with E-state index in [1.54, 1.807) is 6.07 Å². The average Bonchev–Trinajstić information content (AvgIpc) is 2.04. The van der Waals surface area contributed by atoms with Crippen molar-refractivity contribution < 1.29 is 13.2 Å². The van der Waals surface area contributed by atoms with Crippen molar-refractivity contribution >= 4 is 0 Å². The molecule has 0 atom stereocenters. The van der Waals surface area contributed by atoms with E-state index in [0.29, 0.717) is 0 Å². The van der Waals surface area contributed by atoms with Crippen LogP contribution in [0.5, 0.6) is 0 Å². The second-order valence-corrected chi connectivity index (χ2v) is 2.18. The minimum atomic E-state index is -4.54. The van der Waals surface area contributed by atoms with Crippen molar-refractivity contribution in [3.05, 3.63) is 23.8 Å². The molecule has 13 heavy (non-hydrogen) atoms. The van der Waals surface area contributed by atoms with Crippen molar-refractivity contribution in [2.75, 3.05) is 0 Å². The first-order valence-corrected chi connectivity index (χ1v) is 3.29. The molecule has 0 saturated heterocycles. The molecular weight excluding hydrogens is 183 g/mol. The Kier molecular flexibility index (Phi) is 2.46. The first-order valence-electron chi connectivity index (χ1n) is 3.29. The maximum atomic E-state index is 12.2. The van der Waals surface area contributed by atoms with Crippen LogP contribution in [0, 0.1) is 11.3 Å². The van der Waals surface area contributed by atoms with Crippen molar-refractivity contribution in [1.29, 1.82) is 5.26 Å². The second kappa shape index (κ2) is 3.39. The van der Waals surface area contributed by atoms with Gasteiger partial charge in [0.15, 0.2) is 5.69 Å². The summed E-state index contributed by atoms with van der Waals surface area (Å²) >= 11 is 0. The number of hydrogen-bond donors (Lipinski definition) is 0. The first kappa shape index (κ1) is 9.45. The van der Waals surface area contributed by atoms with E-state index in [9.17, 15) is 13.2 Å². The minimum absolute atomic E-state index is 0.336. The third kappa shape index (κ3) is 2.15. The van der Waals surface area contributed by atoms with Crippen LogP contribution in [0.1, 0.15) is 11.4 Å². The number of aromatic nitrogens is 2. The van der Waals surface area contributed by atoms with Gasteiger partial charge in [-0.1, -0.05) is 0 Å². The molecule has 0 aliphatic rings. The summed E-state index contributed by atoms with van der Waals surface area (Å²) in [6.45, 7) is 0. The molecule has 1 aromatic heterocycles. The zero-order chi connectivity index (χ0) is 9.90. The first-order chi connectivity index (χ1) is 6.05. The number of alkyl halides is 3. The summed E-state index contributed by atoms with van der Waals surface area (Å²) < 4.78 is 36.5. The summed E-state index contributed by atoms with van der Waals surface area (Å²) in [6, 6.07) is 1.59. The van der Waals surface area contributed by atoms with E-state index in [4.69, 9.17) is 5.26 Å². The van der Waals surface area contributed by atoms with E-state index in [2.05, 4.69) is 9.97 Å². The molecule has 3 nitrogen and oxygen atoms in total. The predicted molar refractivity (Wildman–Crippen MR) is 36.4 cm³/mol. The molecule has 0 aliphatic heterocycles. The molecule has 6 heteroatoms. The van der Waals surface area contributed by atoms with Gasteiger partial charge in [-0.05, 0) is 0 Å². The standard InChI is InChI=1S/C7H4F3N3/c8-7(9,10)6-5(1-2-11)12-3-4-13-6/h3-4H,1H2. The highest BCUT2D eigenvalue weighted by molar-refractivity contribution is 5.17. The molecular formula is C7H4F3N3. The lowest BCUT2D eigenvalue weighted by molar-refractivity contribution is -0.142. The smallest absolute Gasteiger partial charge is 0.256 e. The van der Waals surface area contributed by atoms with E-state index in [1.807, 2.05) is 0 Å². The maximum absolute atomic E-state index is 12.2. The second-order valence-electron chi connectivity index (χ2n) is 2.18. The Morgan fingerprint density at radius 3 is 2.46 bits per heavy atom.